The minimum atomic E-state index is 0.671. The molecule has 0 fully saturated rings. The average molecular weight is 806 g/mol. The summed E-state index contributed by atoms with van der Waals surface area (Å²) in [6.45, 7) is 0. The van der Waals surface area contributed by atoms with Crippen LogP contribution in [0, 0.1) is 0 Å². The third kappa shape index (κ3) is 4.07. The van der Waals surface area contributed by atoms with Gasteiger partial charge in [-0.2, -0.15) is 0 Å². The van der Waals surface area contributed by atoms with Gasteiger partial charge in [-0.05, 0) is 88.6 Å². The summed E-state index contributed by atoms with van der Waals surface area (Å²) in [5, 5.41) is 12.2. The van der Waals surface area contributed by atoms with Crippen molar-refractivity contribution >= 4 is 108 Å². The molecule has 0 aliphatic heterocycles. The van der Waals surface area contributed by atoms with E-state index in [1.807, 2.05) is 0 Å². The third-order valence-electron chi connectivity index (χ3n) is 13.4. The predicted octanol–water partition coefficient (Wildman–Crippen LogP) is 14.9. The van der Waals surface area contributed by atoms with Gasteiger partial charge in [0, 0.05) is 64.7 Å². The van der Waals surface area contributed by atoms with E-state index in [0.29, 0.717) is 5.95 Å². The molecule has 1 aliphatic rings. The van der Waals surface area contributed by atoms with E-state index in [1.165, 1.54) is 80.9 Å². The molecule has 0 saturated heterocycles. The van der Waals surface area contributed by atoms with E-state index >= 15 is 0 Å². The van der Waals surface area contributed by atoms with Gasteiger partial charge in [-0.1, -0.05) is 121 Å². The number of aromatic nitrogens is 5. The number of hydrogen-bond donors (Lipinski definition) is 0. The number of nitrogens with zero attached hydrogens (tertiary/aromatic N) is 5. The molecule has 5 heterocycles. The van der Waals surface area contributed by atoms with Crippen LogP contribution in [0.3, 0.4) is 0 Å². The monoisotopic (exact) mass is 805 g/mol. The molecule has 9 aromatic carbocycles. The van der Waals surface area contributed by atoms with Crippen molar-refractivity contribution in [1.82, 2.24) is 23.7 Å². The molecule has 0 radical (unpaired) electrons. The Morgan fingerprint density at radius 2 is 0.855 bits per heavy atom. The zero-order valence-corrected chi connectivity index (χ0v) is 33.9. The third-order valence-corrected chi connectivity index (χ3v) is 14.5. The number of hydrogen-bond acceptors (Lipinski definition) is 3. The molecule has 15 rings (SSSR count). The van der Waals surface area contributed by atoms with Gasteiger partial charge in [-0.15, -0.1) is 11.3 Å². The standard InChI is InChI=1S/C56H31N5S/c1-3-15-33(16-4-1)59-40-24-9-7-19-37(40)48-39(23-13-25-41(48)59)54-50-38-20-8-10-27-46(38)62-55(50)58-56(57-54)61-42-26-12-22-36-35-21-11-14-32-28-29-43-51(47(32)35)53-44(30-31-45(61)52(53)49(36)42)60(43)34-17-5-2-6-18-34/h1-31H. The summed E-state index contributed by atoms with van der Waals surface area (Å²) in [6, 6.07) is 68.4. The molecule has 286 valence electrons. The minimum absolute atomic E-state index is 0.671. The van der Waals surface area contributed by atoms with Crippen molar-refractivity contribution in [2.45, 2.75) is 0 Å². The molecule has 0 N–H and O–H groups in total. The molecule has 0 bridgehead atoms. The summed E-state index contributed by atoms with van der Waals surface area (Å²) in [7, 11) is 0. The first-order valence-corrected chi connectivity index (χ1v) is 21.9. The Morgan fingerprint density at radius 3 is 1.63 bits per heavy atom. The lowest BCUT2D eigenvalue weighted by molar-refractivity contribution is 1.02. The zero-order chi connectivity index (χ0) is 40.2. The predicted molar refractivity (Wildman–Crippen MR) is 260 cm³/mol. The Balaban J connectivity index is 1.11. The summed E-state index contributed by atoms with van der Waals surface area (Å²) < 4.78 is 8.37. The van der Waals surface area contributed by atoms with Crippen molar-refractivity contribution in [3.8, 4) is 39.7 Å². The van der Waals surface area contributed by atoms with E-state index in [-0.39, 0.29) is 0 Å². The van der Waals surface area contributed by atoms with Crippen LogP contribution in [0.1, 0.15) is 0 Å². The van der Waals surface area contributed by atoms with Gasteiger partial charge in [0.25, 0.3) is 0 Å². The second-order valence-corrected chi connectivity index (χ2v) is 17.5. The second kappa shape index (κ2) is 11.8. The van der Waals surface area contributed by atoms with Gasteiger partial charge in [-0.25, -0.2) is 9.97 Å². The lowest BCUT2D eigenvalue weighted by Crippen LogP contribution is -2.03. The van der Waals surface area contributed by atoms with Crippen molar-refractivity contribution in [3.63, 3.8) is 0 Å². The highest BCUT2D eigenvalue weighted by Gasteiger charge is 2.29. The second-order valence-electron chi connectivity index (χ2n) is 16.5. The van der Waals surface area contributed by atoms with Gasteiger partial charge in [-0.3, -0.25) is 4.57 Å². The van der Waals surface area contributed by atoms with Crippen LogP contribution >= 0.6 is 11.3 Å². The summed E-state index contributed by atoms with van der Waals surface area (Å²) in [5.41, 5.74) is 13.7. The molecule has 0 atom stereocenters. The molecule has 0 spiro atoms. The molecule has 14 aromatic rings. The molecule has 0 amide bonds. The van der Waals surface area contributed by atoms with Crippen LogP contribution in [-0.4, -0.2) is 23.7 Å². The van der Waals surface area contributed by atoms with Gasteiger partial charge in [0.05, 0.1) is 38.8 Å². The smallest absolute Gasteiger partial charge is 0.236 e. The first kappa shape index (κ1) is 32.8. The highest BCUT2D eigenvalue weighted by Crippen LogP contribution is 2.52. The largest absolute Gasteiger partial charge is 0.309 e. The van der Waals surface area contributed by atoms with Crippen LogP contribution in [0.2, 0.25) is 0 Å². The van der Waals surface area contributed by atoms with Crippen LogP contribution in [0.5, 0.6) is 0 Å². The molecule has 5 aromatic heterocycles. The summed E-state index contributed by atoms with van der Waals surface area (Å²) >= 11 is 1.75. The van der Waals surface area contributed by atoms with Crippen molar-refractivity contribution in [2.24, 2.45) is 0 Å². The quantitative estimate of drug-likeness (QED) is 0.178. The van der Waals surface area contributed by atoms with Gasteiger partial charge in [0.15, 0.2) is 0 Å². The summed E-state index contributed by atoms with van der Waals surface area (Å²) in [5.74, 6) is 0.671. The number of thiophene rings is 1. The fourth-order valence-corrected chi connectivity index (χ4v) is 12.1. The Hall–Kier alpha value is -8.06. The maximum atomic E-state index is 5.80. The van der Waals surface area contributed by atoms with Crippen LogP contribution < -0.4 is 0 Å². The fourth-order valence-electron chi connectivity index (χ4n) is 11.0. The Morgan fingerprint density at radius 1 is 0.323 bits per heavy atom. The number of para-hydroxylation sites is 3. The molecule has 6 heteroatoms. The highest BCUT2D eigenvalue weighted by molar-refractivity contribution is 7.25. The molecule has 0 unspecified atom stereocenters. The van der Waals surface area contributed by atoms with Gasteiger partial charge in [0.2, 0.25) is 5.95 Å². The van der Waals surface area contributed by atoms with Crippen molar-refractivity contribution in [3.05, 3.63) is 188 Å². The van der Waals surface area contributed by atoms with Gasteiger partial charge in [0.1, 0.15) is 4.83 Å². The van der Waals surface area contributed by atoms with Crippen molar-refractivity contribution < 1.29 is 0 Å². The molecular formula is C56H31N5S. The molecular weight excluding hydrogens is 775 g/mol. The number of fused-ring (bicyclic) bond motifs is 7. The van der Waals surface area contributed by atoms with E-state index < -0.39 is 0 Å². The first-order valence-electron chi connectivity index (χ1n) is 21.1. The summed E-state index contributed by atoms with van der Waals surface area (Å²) in [6.07, 6.45) is 0. The average Bonchev–Trinajstić information content (AvgIpc) is 4.05. The van der Waals surface area contributed by atoms with Crippen molar-refractivity contribution in [1.29, 1.82) is 0 Å². The van der Waals surface area contributed by atoms with Gasteiger partial charge < -0.3 is 9.13 Å². The highest BCUT2D eigenvalue weighted by atomic mass is 32.1. The lowest BCUT2D eigenvalue weighted by atomic mass is 9.95. The maximum Gasteiger partial charge on any atom is 0.236 e. The molecule has 5 nitrogen and oxygen atoms in total. The van der Waals surface area contributed by atoms with Crippen LogP contribution in [0.25, 0.3) is 136 Å². The molecule has 62 heavy (non-hydrogen) atoms. The topological polar surface area (TPSA) is 40.6 Å². The number of benzene rings is 9. The Kier molecular flexibility index (Phi) is 6.24. The summed E-state index contributed by atoms with van der Waals surface area (Å²) in [4.78, 5) is 12.3. The number of rotatable bonds is 4. The molecule has 0 saturated carbocycles. The minimum Gasteiger partial charge on any atom is -0.309 e. The van der Waals surface area contributed by atoms with Crippen LogP contribution in [-0.2, 0) is 0 Å². The van der Waals surface area contributed by atoms with E-state index in [4.69, 9.17) is 9.97 Å². The maximum absolute atomic E-state index is 5.80. The Bertz CT molecular complexity index is 4260. The Labute approximate surface area is 357 Å². The lowest BCUT2D eigenvalue weighted by Gasteiger charge is -2.13. The van der Waals surface area contributed by atoms with Crippen molar-refractivity contribution in [2.75, 3.05) is 0 Å². The van der Waals surface area contributed by atoms with Crippen LogP contribution in [0.15, 0.2) is 188 Å². The van der Waals surface area contributed by atoms with E-state index in [2.05, 4.69) is 202 Å². The van der Waals surface area contributed by atoms with Gasteiger partial charge >= 0.3 is 0 Å². The van der Waals surface area contributed by atoms with E-state index in [1.54, 1.807) is 11.3 Å². The fraction of sp³-hybridized carbons (Fsp3) is 0. The van der Waals surface area contributed by atoms with E-state index in [0.717, 1.165) is 49.4 Å². The SMILES string of the molecule is c1ccc(-n2c3ccccc3c3c(-c4nc(-n5c6cccc7c6c6c8c9c%10c-7cccc%10ccc9n(-c7ccccc7)c8ccc65)nc5sc6ccccc6c45)cccc32)cc1. The zero-order valence-electron chi connectivity index (χ0n) is 33.0. The molecule has 1 aliphatic carbocycles. The van der Waals surface area contributed by atoms with Crippen LogP contribution in [0.4, 0.5) is 0 Å². The normalized spacial score (nSPS) is 12.5. The first-order chi connectivity index (χ1) is 30.8. The van der Waals surface area contributed by atoms with E-state index in [9.17, 15) is 0 Å².